The highest BCUT2D eigenvalue weighted by Gasteiger charge is 2.21. The van der Waals surface area contributed by atoms with Gasteiger partial charge in [0.2, 0.25) is 0 Å². The smallest absolute Gasteiger partial charge is 0.00141 e. The second-order valence-corrected chi connectivity index (χ2v) is 12.0. The Hall–Kier alpha value is -5.98. The van der Waals surface area contributed by atoms with Crippen molar-refractivity contribution in [1.29, 1.82) is 0 Å². The molecule has 0 fully saturated rings. The molecule has 0 saturated carbocycles. The minimum absolute atomic E-state index is 1.22. The summed E-state index contributed by atoms with van der Waals surface area (Å²) < 4.78 is 0. The van der Waals surface area contributed by atoms with Gasteiger partial charge in [-0.05, 0) is 99.7 Å². The summed E-state index contributed by atoms with van der Waals surface area (Å²) in [6.07, 6.45) is 0. The van der Waals surface area contributed by atoms with Crippen molar-refractivity contribution >= 4 is 43.1 Å². The molecule has 0 spiro atoms. The van der Waals surface area contributed by atoms with Crippen molar-refractivity contribution < 1.29 is 0 Å². The van der Waals surface area contributed by atoms with Crippen LogP contribution in [0.1, 0.15) is 0 Å². The topological polar surface area (TPSA) is 0 Å². The van der Waals surface area contributed by atoms with Gasteiger partial charge in [0.15, 0.2) is 0 Å². The first-order valence-corrected chi connectivity index (χ1v) is 15.9. The quantitative estimate of drug-likeness (QED) is 0.181. The second kappa shape index (κ2) is 10.9. The van der Waals surface area contributed by atoms with Gasteiger partial charge < -0.3 is 0 Å². The first-order valence-electron chi connectivity index (χ1n) is 15.9. The molecule has 9 aromatic rings. The molecule has 46 heavy (non-hydrogen) atoms. The van der Waals surface area contributed by atoms with Crippen LogP contribution in [0.5, 0.6) is 0 Å². The van der Waals surface area contributed by atoms with Crippen LogP contribution < -0.4 is 0 Å². The van der Waals surface area contributed by atoms with E-state index in [2.05, 4.69) is 182 Å². The fourth-order valence-corrected chi connectivity index (χ4v) is 7.42. The van der Waals surface area contributed by atoms with Gasteiger partial charge >= 0.3 is 0 Å². The summed E-state index contributed by atoms with van der Waals surface area (Å²) in [5.41, 5.74) is 9.93. The fourth-order valence-electron chi connectivity index (χ4n) is 7.42. The molecular formula is C46H30. The van der Waals surface area contributed by atoms with E-state index in [4.69, 9.17) is 0 Å². The lowest BCUT2D eigenvalue weighted by atomic mass is 9.81. The number of fused-ring (bicyclic) bond motifs is 6. The molecule has 9 aromatic carbocycles. The van der Waals surface area contributed by atoms with Crippen LogP contribution in [0.4, 0.5) is 0 Å². The van der Waals surface area contributed by atoms with Crippen LogP contribution in [-0.4, -0.2) is 0 Å². The molecule has 0 heterocycles. The lowest BCUT2D eigenvalue weighted by Gasteiger charge is -2.22. The van der Waals surface area contributed by atoms with Crippen LogP contribution >= 0.6 is 0 Å². The van der Waals surface area contributed by atoms with Gasteiger partial charge in [-0.15, -0.1) is 0 Å². The van der Waals surface area contributed by atoms with E-state index in [1.54, 1.807) is 0 Å². The molecule has 0 aliphatic rings. The van der Waals surface area contributed by atoms with E-state index < -0.39 is 0 Å². The van der Waals surface area contributed by atoms with Crippen LogP contribution in [0.25, 0.3) is 87.6 Å². The highest BCUT2D eigenvalue weighted by Crippen LogP contribution is 2.48. The number of hydrogen-bond donors (Lipinski definition) is 0. The predicted molar refractivity (Wildman–Crippen MR) is 198 cm³/mol. The summed E-state index contributed by atoms with van der Waals surface area (Å²) in [5, 5.41) is 10.2. The Morgan fingerprint density at radius 1 is 0.217 bits per heavy atom. The molecule has 0 unspecified atom stereocenters. The molecule has 214 valence electrons. The van der Waals surface area contributed by atoms with Crippen molar-refractivity contribution in [3.63, 3.8) is 0 Å². The molecule has 0 aromatic heterocycles. The summed E-state index contributed by atoms with van der Waals surface area (Å²) in [7, 11) is 0. The molecule has 0 nitrogen and oxygen atoms in total. The Labute approximate surface area is 268 Å². The van der Waals surface area contributed by atoms with Gasteiger partial charge in [-0.2, -0.15) is 0 Å². The van der Waals surface area contributed by atoms with Gasteiger partial charge in [-0.3, -0.25) is 0 Å². The molecular weight excluding hydrogens is 553 g/mol. The Morgan fingerprint density at radius 2 is 0.696 bits per heavy atom. The fraction of sp³-hybridized carbons (Fsp3) is 0. The van der Waals surface area contributed by atoms with Gasteiger partial charge in [-0.25, -0.2) is 0 Å². The van der Waals surface area contributed by atoms with E-state index in [1.165, 1.54) is 87.6 Å². The maximum absolute atomic E-state index is 2.38. The SMILES string of the molecule is c1ccc(-c2cccc(-c3c(-c4ccccc4-c4cc5ccccc5c5ccccc45)c4ccccc4c4ccccc34)c2)cc1. The maximum Gasteiger partial charge on any atom is -0.00141 e. The van der Waals surface area contributed by atoms with Gasteiger partial charge in [0, 0.05) is 0 Å². The zero-order valence-corrected chi connectivity index (χ0v) is 25.3. The third-order valence-electron chi connectivity index (χ3n) is 9.45. The molecule has 9 rings (SSSR count). The van der Waals surface area contributed by atoms with Gasteiger partial charge in [0.25, 0.3) is 0 Å². The average Bonchev–Trinajstić information content (AvgIpc) is 3.14. The van der Waals surface area contributed by atoms with Crippen molar-refractivity contribution in [2.24, 2.45) is 0 Å². The zero-order chi connectivity index (χ0) is 30.5. The largest absolute Gasteiger partial charge is 0.0622 e. The average molecular weight is 583 g/mol. The first kappa shape index (κ1) is 26.4. The summed E-state index contributed by atoms with van der Waals surface area (Å²) in [4.78, 5) is 0. The molecule has 0 aliphatic carbocycles. The van der Waals surface area contributed by atoms with Crippen molar-refractivity contribution in [3.8, 4) is 44.5 Å². The number of benzene rings is 9. The molecule has 0 aliphatic heterocycles. The molecule has 0 heteroatoms. The Balaban J connectivity index is 1.42. The van der Waals surface area contributed by atoms with Crippen LogP contribution in [0.15, 0.2) is 182 Å². The molecule has 0 N–H and O–H groups in total. The highest BCUT2D eigenvalue weighted by atomic mass is 14.2. The second-order valence-electron chi connectivity index (χ2n) is 12.0. The monoisotopic (exact) mass is 582 g/mol. The Bertz CT molecular complexity index is 2570. The van der Waals surface area contributed by atoms with Crippen molar-refractivity contribution in [2.75, 3.05) is 0 Å². The highest BCUT2D eigenvalue weighted by molar-refractivity contribution is 6.23. The lowest BCUT2D eigenvalue weighted by Crippen LogP contribution is -1.94. The summed E-state index contributed by atoms with van der Waals surface area (Å²) in [6, 6.07) is 66.6. The molecule has 0 saturated heterocycles. The van der Waals surface area contributed by atoms with E-state index in [0.29, 0.717) is 0 Å². The normalized spacial score (nSPS) is 11.5. The van der Waals surface area contributed by atoms with Crippen molar-refractivity contribution in [2.45, 2.75) is 0 Å². The van der Waals surface area contributed by atoms with E-state index in [0.717, 1.165) is 0 Å². The van der Waals surface area contributed by atoms with Crippen LogP contribution in [0, 0.1) is 0 Å². The number of hydrogen-bond acceptors (Lipinski definition) is 0. The minimum atomic E-state index is 1.22. The van der Waals surface area contributed by atoms with Crippen molar-refractivity contribution in [1.82, 2.24) is 0 Å². The third kappa shape index (κ3) is 4.23. The Kier molecular flexibility index (Phi) is 6.25. The van der Waals surface area contributed by atoms with E-state index in [-0.39, 0.29) is 0 Å². The van der Waals surface area contributed by atoms with E-state index >= 15 is 0 Å². The van der Waals surface area contributed by atoms with E-state index in [9.17, 15) is 0 Å². The van der Waals surface area contributed by atoms with Crippen LogP contribution in [0.2, 0.25) is 0 Å². The molecule has 0 bridgehead atoms. The Morgan fingerprint density at radius 3 is 1.41 bits per heavy atom. The lowest BCUT2D eigenvalue weighted by molar-refractivity contribution is 1.59. The first-order chi connectivity index (χ1) is 22.8. The predicted octanol–water partition coefficient (Wildman–Crippen LogP) is 13.0. The van der Waals surface area contributed by atoms with Crippen LogP contribution in [0.3, 0.4) is 0 Å². The standard InChI is InChI=1S/C46H30/c1-2-15-31(16-3-1)32-18-14-19-34(29-32)45-41-26-11-8-22-37(41)38-23-9-12-27-42(38)46(45)43-28-13-10-25-40(43)44-30-33-17-4-5-20-35(33)36-21-6-7-24-39(36)44/h1-30H. The van der Waals surface area contributed by atoms with Crippen LogP contribution in [-0.2, 0) is 0 Å². The maximum atomic E-state index is 2.38. The summed E-state index contributed by atoms with van der Waals surface area (Å²) in [6.45, 7) is 0. The summed E-state index contributed by atoms with van der Waals surface area (Å²) >= 11 is 0. The zero-order valence-electron chi connectivity index (χ0n) is 25.3. The summed E-state index contributed by atoms with van der Waals surface area (Å²) in [5.74, 6) is 0. The van der Waals surface area contributed by atoms with Crippen molar-refractivity contribution in [3.05, 3.63) is 182 Å². The molecule has 0 amide bonds. The van der Waals surface area contributed by atoms with Gasteiger partial charge in [-0.1, -0.05) is 170 Å². The number of rotatable bonds is 4. The minimum Gasteiger partial charge on any atom is -0.0622 e. The van der Waals surface area contributed by atoms with Gasteiger partial charge in [0.1, 0.15) is 0 Å². The van der Waals surface area contributed by atoms with E-state index in [1.807, 2.05) is 0 Å². The third-order valence-corrected chi connectivity index (χ3v) is 9.45. The van der Waals surface area contributed by atoms with Gasteiger partial charge in [0.05, 0.1) is 0 Å². The molecule has 0 atom stereocenters. The molecule has 0 radical (unpaired) electrons.